The fourth-order valence-corrected chi connectivity index (χ4v) is 5.46. The van der Waals surface area contributed by atoms with Crippen molar-refractivity contribution in [1.82, 2.24) is 0 Å². The molecule has 2 aliphatic carbocycles. The summed E-state index contributed by atoms with van der Waals surface area (Å²) >= 11 is 0. The number of ketones is 1. The van der Waals surface area contributed by atoms with E-state index in [1.807, 2.05) is 33.0 Å². The molecule has 1 aliphatic heterocycles. The van der Waals surface area contributed by atoms with Crippen LogP contribution in [0.2, 0.25) is 0 Å². The number of rotatable bonds is 7. The minimum absolute atomic E-state index is 0.0752. The first-order valence-corrected chi connectivity index (χ1v) is 12.8. The fourth-order valence-electron chi connectivity index (χ4n) is 5.46. The van der Waals surface area contributed by atoms with E-state index in [1.54, 1.807) is 19.1 Å². The van der Waals surface area contributed by atoms with Crippen LogP contribution in [0, 0.1) is 18.8 Å². The number of aliphatic imine (C=N–C) groups is 1. The van der Waals surface area contributed by atoms with Crippen LogP contribution in [-0.4, -0.2) is 18.1 Å². The number of Topliss-reactive ketones (excluding diaryl/α,β-unsaturated/α-hetero) is 1. The van der Waals surface area contributed by atoms with E-state index in [1.165, 1.54) is 22.3 Å². The van der Waals surface area contributed by atoms with E-state index in [-0.39, 0.29) is 23.4 Å². The Bertz CT molecular complexity index is 1210. The molecule has 0 N–H and O–H groups in total. The van der Waals surface area contributed by atoms with Gasteiger partial charge in [0.25, 0.3) is 0 Å². The van der Waals surface area contributed by atoms with Crippen LogP contribution in [0.3, 0.4) is 0 Å². The number of hydrogen-bond acceptors (Lipinski definition) is 3. The smallest absolute Gasteiger partial charge is 0.161 e. The molecule has 0 aromatic heterocycles. The van der Waals surface area contributed by atoms with Gasteiger partial charge in [-0.15, -0.1) is 0 Å². The summed E-state index contributed by atoms with van der Waals surface area (Å²) in [5, 5.41) is 0. The van der Waals surface area contributed by atoms with Crippen molar-refractivity contribution in [3.8, 4) is 5.75 Å². The van der Waals surface area contributed by atoms with Crippen molar-refractivity contribution in [1.29, 1.82) is 0 Å². The number of carbonyl (C=O) groups is 1. The molecule has 2 unspecified atom stereocenters. The molecule has 1 aromatic carbocycles. The predicted octanol–water partition coefficient (Wildman–Crippen LogP) is 8.03. The zero-order chi connectivity index (χ0) is 25.1. The fraction of sp³-hybridized carbons (Fsp3) is 0.419. The Hall–Kier alpha value is -3.01. The van der Waals surface area contributed by atoms with E-state index in [0.29, 0.717) is 13.0 Å². The third-order valence-corrected chi connectivity index (χ3v) is 7.42. The highest BCUT2D eigenvalue weighted by atomic mass is 19.1. The first-order valence-electron chi connectivity index (χ1n) is 12.8. The van der Waals surface area contributed by atoms with Crippen LogP contribution < -0.4 is 4.74 Å². The highest BCUT2D eigenvalue weighted by molar-refractivity contribution is 6.21. The third kappa shape index (κ3) is 5.47. The monoisotopic (exact) mass is 473 g/mol. The summed E-state index contributed by atoms with van der Waals surface area (Å²) < 4.78 is 20.2. The summed E-state index contributed by atoms with van der Waals surface area (Å²) in [5.74, 6) is 1.05. The highest BCUT2D eigenvalue weighted by Gasteiger charge is 2.26. The largest absolute Gasteiger partial charge is 0.492 e. The van der Waals surface area contributed by atoms with Crippen LogP contribution in [0.25, 0.3) is 5.57 Å². The Morgan fingerprint density at radius 1 is 1.20 bits per heavy atom. The Kier molecular flexibility index (Phi) is 7.69. The van der Waals surface area contributed by atoms with Crippen molar-refractivity contribution < 1.29 is 13.9 Å². The van der Waals surface area contributed by atoms with Gasteiger partial charge in [0.2, 0.25) is 0 Å². The number of halogens is 1. The molecule has 4 heteroatoms. The van der Waals surface area contributed by atoms with Crippen LogP contribution in [-0.2, 0) is 4.79 Å². The van der Waals surface area contributed by atoms with Crippen molar-refractivity contribution in [3.63, 3.8) is 0 Å². The number of hydrogen-bond donors (Lipinski definition) is 0. The van der Waals surface area contributed by atoms with Gasteiger partial charge in [-0.1, -0.05) is 37.1 Å². The van der Waals surface area contributed by atoms with Crippen LogP contribution in [0.5, 0.6) is 5.75 Å². The summed E-state index contributed by atoms with van der Waals surface area (Å²) in [6, 6.07) is 6.38. The SMILES string of the molecule is CCC1=NC=C(C2=C(c3cc(C)ccc3OCC3C(C)=CC(F)=CC3C)CCC2)CC=C1C(C)=O. The van der Waals surface area contributed by atoms with E-state index < -0.39 is 0 Å². The Morgan fingerprint density at radius 3 is 2.69 bits per heavy atom. The number of benzene rings is 1. The second-order valence-corrected chi connectivity index (χ2v) is 9.99. The van der Waals surface area contributed by atoms with Gasteiger partial charge in [0.05, 0.1) is 12.3 Å². The number of carbonyl (C=O) groups excluding carboxylic acids is 1. The van der Waals surface area contributed by atoms with Gasteiger partial charge in [-0.2, -0.15) is 0 Å². The second-order valence-electron chi connectivity index (χ2n) is 9.99. The van der Waals surface area contributed by atoms with Crippen LogP contribution in [0.1, 0.15) is 70.9 Å². The summed E-state index contributed by atoms with van der Waals surface area (Å²) in [6.45, 7) is 10.3. The molecule has 4 rings (SSSR count). The minimum atomic E-state index is -0.157. The Labute approximate surface area is 208 Å². The zero-order valence-electron chi connectivity index (χ0n) is 21.6. The lowest BCUT2D eigenvalue weighted by Crippen LogP contribution is -2.22. The molecule has 1 aromatic rings. The number of allylic oxidation sites excluding steroid dienone is 8. The maximum Gasteiger partial charge on any atom is 0.161 e. The van der Waals surface area contributed by atoms with Gasteiger partial charge in [0, 0.05) is 23.3 Å². The van der Waals surface area contributed by atoms with E-state index in [0.717, 1.165) is 53.9 Å². The van der Waals surface area contributed by atoms with Gasteiger partial charge in [-0.25, -0.2) is 4.39 Å². The molecule has 0 fully saturated rings. The molecular formula is C31H36FNO2. The van der Waals surface area contributed by atoms with E-state index in [4.69, 9.17) is 9.73 Å². The van der Waals surface area contributed by atoms with Gasteiger partial charge in [0.1, 0.15) is 11.6 Å². The third-order valence-electron chi connectivity index (χ3n) is 7.42. The van der Waals surface area contributed by atoms with Crippen LogP contribution in [0.4, 0.5) is 4.39 Å². The molecular weight excluding hydrogens is 437 g/mol. The normalized spacial score (nSPS) is 22.6. The molecule has 35 heavy (non-hydrogen) atoms. The molecule has 0 saturated carbocycles. The topological polar surface area (TPSA) is 38.7 Å². The second kappa shape index (κ2) is 10.7. The van der Waals surface area contributed by atoms with Gasteiger partial charge in [-0.05, 0) is 99.8 Å². The zero-order valence-corrected chi connectivity index (χ0v) is 21.6. The van der Waals surface area contributed by atoms with Crippen molar-refractivity contribution in [3.05, 3.63) is 81.9 Å². The maximum atomic E-state index is 13.8. The Morgan fingerprint density at radius 2 is 1.97 bits per heavy atom. The van der Waals surface area contributed by atoms with E-state index in [9.17, 15) is 9.18 Å². The molecule has 0 spiro atoms. The van der Waals surface area contributed by atoms with E-state index >= 15 is 0 Å². The molecule has 1 heterocycles. The first kappa shape index (κ1) is 25.1. The number of ether oxygens (including phenoxy) is 1. The molecule has 0 amide bonds. The van der Waals surface area contributed by atoms with Gasteiger partial charge < -0.3 is 4.74 Å². The van der Waals surface area contributed by atoms with Crippen molar-refractivity contribution in [2.45, 2.75) is 66.7 Å². The van der Waals surface area contributed by atoms with Crippen molar-refractivity contribution >= 4 is 17.1 Å². The molecule has 0 saturated heterocycles. The molecule has 0 radical (unpaired) electrons. The first-order chi connectivity index (χ1) is 16.8. The van der Waals surface area contributed by atoms with Crippen molar-refractivity contribution in [2.24, 2.45) is 16.8 Å². The average Bonchev–Trinajstić information content (AvgIpc) is 3.18. The molecule has 3 aliphatic rings. The summed E-state index contributed by atoms with van der Waals surface area (Å²) in [4.78, 5) is 16.9. The quantitative estimate of drug-likeness (QED) is 0.402. The lowest BCUT2D eigenvalue weighted by molar-refractivity contribution is -0.113. The Balaban J connectivity index is 1.66. The molecule has 0 bridgehead atoms. The molecule has 184 valence electrons. The molecule has 2 atom stereocenters. The standard InChI is InChI=1S/C31H36FNO2/c1-6-30-25(22(5)34)12-11-23(17-33-30)26-8-7-9-27(26)28-14-19(2)10-13-31(28)35-18-29-20(3)15-24(32)16-21(29)4/h10,12-17,20,29H,6-9,11,18H2,1-5H3. The summed E-state index contributed by atoms with van der Waals surface area (Å²) in [6.07, 6.45) is 11.9. The predicted molar refractivity (Wildman–Crippen MR) is 142 cm³/mol. The van der Waals surface area contributed by atoms with Gasteiger partial charge >= 0.3 is 0 Å². The summed E-state index contributed by atoms with van der Waals surface area (Å²) in [5.41, 5.74) is 8.80. The van der Waals surface area contributed by atoms with Gasteiger partial charge in [-0.3, -0.25) is 9.79 Å². The number of aryl methyl sites for hydroxylation is 1. The average molecular weight is 474 g/mol. The lowest BCUT2D eigenvalue weighted by atomic mass is 9.84. The highest BCUT2D eigenvalue weighted by Crippen LogP contribution is 2.43. The molecule has 3 nitrogen and oxygen atoms in total. The number of nitrogens with zero attached hydrogens (tertiary/aromatic N) is 1. The lowest BCUT2D eigenvalue weighted by Gasteiger charge is -2.26. The maximum absolute atomic E-state index is 13.8. The van der Waals surface area contributed by atoms with Crippen molar-refractivity contribution in [2.75, 3.05) is 6.61 Å². The van der Waals surface area contributed by atoms with Crippen LogP contribution >= 0.6 is 0 Å². The summed E-state index contributed by atoms with van der Waals surface area (Å²) in [7, 11) is 0. The van der Waals surface area contributed by atoms with E-state index in [2.05, 4.69) is 25.1 Å². The van der Waals surface area contributed by atoms with Crippen LogP contribution in [0.15, 0.2) is 75.7 Å². The minimum Gasteiger partial charge on any atom is -0.492 e. The van der Waals surface area contributed by atoms with Gasteiger partial charge in [0.15, 0.2) is 5.78 Å².